The molecule has 4 heteroatoms. The van der Waals surface area contributed by atoms with Crippen LogP contribution in [-0.2, 0) is 6.42 Å². The third-order valence-electron chi connectivity index (χ3n) is 3.53. The molecule has 2 rings (SSSR count). The van der Waals surface area contributed by atoms with E-state index in [1.807, 2.05) is 36.4 Å². The van der Waals surface area contributed by atoms with E-state index in [2.05, 4.69) is 12.2 Å². The number of nitrogens with one attached hydrogen (secondary N) is 1. The number of aryl methyl sites for hydroxylation is 1. The molecule has 0 amide bonds. The summed E-state index contributed by atoms with van der Waals surface area (Å²) in [5.74, 6) is 1.33. The van der Waals surface area contributed by atoms with Gasteiger partial charge in [0.05, 0.1) is 19.9 Å². The summed E-state index contributed by atoms with van der Waals surface area (Å²) in [6.45, 7) is 2.09. The van der Waals surface area contributed by atoms with Crippen LogP contribution in [0.5, 0.6) is 11.5 Å². The molecule has 0 aromatic heterocycles. The number of carbonyl (C=O) groups is 1. The zero-order valence-electron chi connectivity index (χ0n) is 13.6. The van der Waals surface area contributed by atoms with Gasteiger partial charge >= 0.3 is 0 Å². The lowest BCUT2D eigenvalue weighted by Gasteiger charge is -2.09. The smallest absolute Gasteiger partial charge is 0.187 e. The molecule has 0 spiro atoms. The largest absolute Gasteiger partial charge is 0.497 e. The molecule has 0 aliphatic carbocycles. The van der Waals surface area contributed by atoms with Crippen molar-refractivity contribution in [1.82, 2.24) is 0 Å². The van der Waals surface area contributed by atoms with Gasteiger partial charge in [0.2, 0.25) is 0 Å². The lowest BCUT2D eigenvalue weighted by Crippen LogP contribution is -1.98. The van der Waals surface area contributed by atoms with Crippen molar-refractivity contribution in [2.75, 3.05) is 19.5 Å². The molecule has 0 fully saturated rings. The first-order valence-electron chi connectivity index (χ1n) is 7.46. The molecule has 0 saturated carbocycles. The lowest BCUT2D eigenvalue weighted by molar-refractivity contribution is 0.104. The number of hydrogen-bond donors (Lipinski definition) is 1. The minimum Gasteiger partial charge on any atom is -0.497 e. The third kappa shape index (κ3) is 4.36. The van der Waals surface area contributed by atoms with Crippen LogP contribution in [0.1, 0.15) is 22.8 Å². The summed E-state index contributed by atoms with van der Waals surface area (Å²) in [6.07, 6.45) is 4.06. The topological polar surface area (TPSA) is 47.6 Å². The number of ketones is 1. The normalized spacial score (nSPS) is 10.6. The Kier molecular flexibility index (Phi) is 5.80. The van der Waals surface area contributed by atoms with E-state index in [1.165, 1.54) is 11.6 Å². The van der Waals surface area contributed by atoms with Crippen LogP contribution in [0, 0.1) is 0 Å². The Morgan fingerprint density at radius 3 is 2.43 bits per heavy atom. The lowest BCUT2D eigenvalue weighted by atomic mass is 10.1. The van der Waals surface area contributed by atoms with Crippen LogP contribution in [0.15, 0.2) is 54.7 Å². The Morgan fingerprint density at radius 1 is 1.09 bits per heavy atom. The van der Waals surface area contributed by atoms with Gasteiger partial charge in [-0.3, -0.25) is 4.79 Å². The first kappa shape index (κ1) is 16.6. The number of allylic oxidation sites excluding steroid dienone is 1. The molecule has 0 radical (unpaired) electrons. The average molecular weight is 311 g/mol. The fraction of sp³-hybridized carbons (Fsp3) is 0.211. The van der Waals surface area contributed by atoms with E-state index in [0.717, 1.165) is 12.1 Å². The second kappa shape index (κ2) is 8.03. The van der Waals surface area contributed by atoms with Crippen molar-refractivity contribution in [2.24, 2.45) is 0 Å². The number of benzene rings is 2. The van der Waals surface area contributed by atoms with Crippen LogP contribution < -0.4 is 14.8 Å². The van der Waals surface area contributed by atoms with Crippen LogP contribution in [0.25, 0.3) is 0 Å². The van der Waals surface area contributed by atoms with Crippen molar-refractivity contribution in [3.8, 4) is 11.5 Å². The van der Waals surface area contributed by atoms with Crippen LogP contribution in [0.2, 0.25) is 0 Å². The highest BCUT2D eigenvalue weighted by molar-refractivity contribution is 6.04. The van der Waals surface area contributed by atoms with E-state index in [1.54, 1.807) is 26.5 Å². The van der Waals surface area contributed by atoms with Gasteiger partial charge in [-0.15, -0.1) is 0 Å². The second-order valence-electron chi connectivity index (χ2n) is 4.96. The molecule has 120 valence electrons. The third-order valence-corrected chi connectivity index (χ3v) is 3.53. The van der Waals surface area contributed by atoms with E-state index in [-0.39, 0.29) is 5.78 Å². The number of carbonyl (C=O) groups excluding carboxylic acids is 1. The van der Waals surface area contributed by atoms with E-state index in [9.17, 15) is 4.79 Å². The Morgan fingerprint density at radius 2 is 1.83 bits per heavy atom. The molecule has 0 saturated heterocycles. The summed E-state index contributed by atoms with van der Waals surface area (Å²) in [5.41, 5.74) is 2.61. The van der Waals surface area contributed by atoms with Gasteiger partial charge in [-0.1, -0.05) is 31.2 Å². The van der Waals surface area contributed by atoms with Crippen LogP contribution in [-0.4, -0.2) is 20.0 Å². The Balaban J connectivity index is 2.07. The summed E-state index contributed by atoms with van der Waals surface area (Å²) in [7, 11) is 3.20. The molecule has 2 aromatic carbocycles. The summed E-state index contributed by atoms with van der Waals surface area (Å²) < 4.78 is 10.5. The highest BCUT2D eigenvalue weighted by Crippen LogP contribution is 2.28. The monoisotopic (exact) mass is 311 g/mol. The molecule has 0 unspecified atom stereocenters. The van der Waals surface area contributed by atoms with Gasteiger partial charge in [-0.2, -0.15) is 0 Å². The molecule has 0 aliphatic rings. The van der Waals surface area contributed by atoms with Gasteiger partial charge in [0.15, 0.2) is 5.78 Å². The summed E-state index contributed by atoms with van der Waals surface area (Å²) >= 11 is 0. The van der Waals surface area contributed by atoms with Crippen molar-refractivity contribution < 1.29 is 14.3 Å². The van der Waals surface area contributed by atoms with Gasteiger partial charge < -0.3 is 14.8 Å². The molecule has 0 atom stereocenters. The van der Waals surface area contributed by atoms with Gasteiger partial charge in [0.1, 0.15) is 11.5 Å². The molecule has 23 heavy (non-hydrogen) atoms. The zero-order chi connectivity index (χ0) is 16.7. The quantitative estimate of drug-likeness (QED) is 0.618. The molecule has 0 heterocycles. The maximum Gasteiger partial charge on any atom is 0.187 e. The second-order valence-corrected chi connectivity index (χ2v) is 4.96. The minimum absolute atomic E-state index is 0.0537. The maximum atomic E-state index is 12.1. The highest BCUT2D eigenvalue weighted by atomic mass is 16.5. The highest BCUT2D eigenvalue weighted by Gasteiger charge is 2.04. The fourth-order valence-corrected chi connectivity index (χ4v) is 2.13. The van der Waals surface area contributed by atoms with E-state index >= 15 is 0 Å². The van der Waals surface area contributed by atoms with E-state index < -0.39 is 0 Å². The Bertz CT molecular complexity index is 690. The van der Waals surface area contributed by atoms with E-state index in [0.29, 0.717) is 17.1 Å². The minimum atomic E-state index is -0.0537. The zero-order valence-corrected chi connectivity index (χ0v) is 13.6. The van der Waals surface area contributed by atoms with Gasteiger partial charge in [-0.05, 0) is 24.1 Å². The molecule has 2 aromatic rings. The average Bonchev–Trinajstić information content (AvgIpc) is 2.61. The number of hydrogen-bond acceptors (Lipinski definition) is 4. The number of rotatable bonds is 7. The Hall–Kier alpha value is -2.75. The maximum absolute atomic E-state index is 12.1. The molecule has 0 bridgehead atoms. The van der Waals surface area contributed by atoms with Gasteiger partial charge in [0.25, 0.3) is 0 Å². The van der Waals surface area contributed by atoms with Crippen LogP contribution in [0.3, 0.4) is 0 Å². The fourth-order valence-electron chi connectivity index (χ4n) is 2.13. The van der Waals surface area contributed by atoms with Gasteiger partial charge in [0, 0.05) is 23.9 Å². The molecular weight excluding hydrogens is 290 g/mol. The molecular formula is C19H21NO3. The first-order valence-corrected chi connectivity index (χ1v) is 7.46. The molecule has 1 N–H and O–H groups in total. The van der Waals surface area contributed by atoms with Crippen molar-refractivity contribution in [2.45, 2.75) is 13.3 Å². The molecule has 4 nitrogen and oxygen atoms in total. The van der Waals surface area contributed by atoms with Crippen LogP contribution >= 0.6 is 0 Å². The summed E-state index contributed by atoms with van der Waals surface area (Å²) in [4.78, 5) is 12.1. The molecule has 0 aliphatic heterocycles. The van der Waals surface area contributed by atoms with Crippen LogP contribution in [0.4, 0.5) is 5.69 Å². The Labute approximate surface area is 136 Å². The van der Waals surface area contributed by atoms with Gasteiger partial charge in [-0.25, -0.2) is 0 Å². The summed E-state index contributed by atoms with van der Waals surface area (Å²) in [5, 5.41) is 3.06. The summed E-state index contributed by atoms with van der Waals surface area (Å²) in [6, 6.07) is 13.1. The SMILES string of the molecule is CCc1ccc(C(=O)/C=C/Nc2cc(OC)ccc2OC)cc1. The van der Waals surface area contributed by atoms with Crippen molar-refractivity contribution >= 4 is 11.5 Å². The standard InChI is InChI=1S/C19H21NO3/c1-4-14-5-7-15(8-6-14)18(21)11-12-20-17-13-16(22-2)9-10-19(17)23-3/h5-13,20H,4H2,1-3H3/b12-11+. The number of anilines is 1. The van der Waals surface area contributed by atoms with E-state index in [4.69, 9.17) is 9.47 Å². The van der Waals surface area contributed by atoms with Crippen molar-refractivity contribution in [3.05, 3.63) is 65.9 Å². The first-order chi connectivity index (χ1) is 11.2. The van der Waals surface area contributed by atoms with Crippen molar-refractivity contribution in [1.29, 1.82) is 0 Å². The van der Waals surface area contributed by atoms with Crippen molar-refractivity contribution in [3.63, 3.8) is 0 Å². The number of methoxy groups -OCH3 is 2. The predicted octanol–water partition coefficient (Wildman–Crippen LogP) is 4.07. The number of ether oxygens (including phenoxy) is 2. The predicted molar refractivity (Wildman–Crippen MR) is 92.5 cm³/mol.